The molecule has 2 aromatic rings. The Balaban J connectivity index is 2.65. The Labute approximate surface area is 120 Å². The summed E-state index contributed by atoms with van der Waals surface area (Å²) in [6.45, 7) is 16.8. The van der Waals surface area contributed by atoms with Crippen LogP contribution in [0.15, 0.2) is 30.3 Å². The van der Waals surface area contributed by atoms with Crippen molar-refractivity contribution in [2.24, 2.45) is 6.66 Å². The maximum atomic E-state index is 2.49. The van der Waals surface area contributed by atoms with Crippen LogP contribution >= 0.6 is 14.4 Å². The summed E-state index contributed by atoms with van der Waals surface area (Å²) in [5, 5.41) is 5.10. The molecule has 0 fully saturated rings. The van der Waals surface area contributed by atoms with Gasteiger partial charge in [-0.15, -0.1) is 0 Å². The van der Waals surface area contributed by atoms with E-state index in [1.165, 1.54) is 0 Å². The van der Waals surface area contributed by atoms with E-state index in [1.807, 2.05) is 0 Å². The molecule has 1 heterocycles. The van der Waals surface area contributed by atoms with E-state index in [4.69, 9.17) is 0 Å². The highest BCUT2D eigenvalue weighted by molar-refractivity contribution is 8.14. The fraction of sp³-hybridized carbons (Fsp3) is 0.529. The standard InChI is InChI=1S/C17H26P2/c1-16(2,3)14-15(17(4,5)6)19(18(14)7)13-11-9-8-10-12-13/h8-12H,1-7H3. The van der Waals surface area contributed by atoms with E-state index in [0.717, 1.165) is 0 Å². The van der Waals surface area contributed by atoms with E-state index in [9.17, 15) is 0 Å². The molecular weight excluding hydrogens is 266 g/mol. The summed E-state index contributed by atoms with van der Waals surface area (Å²) >= 11 is 0. The lowest BCUT2D eigenvalue weighted by Gasteiger charge is -2.40. The van der Waals surface area contributed by atoms with Gasteiger partial charge in [0.1, 0.15) is 0 Å². The second-order valence-electron chi connectivity index (χ2n) is 7.37. The van der Waals surface area contributed by atoms with Gasteiger partial charge in [-0.05, 0) is 28.1 Å². The molecular formula is C17H26P2. The summed E-state index contributed by atoms with van der Waals surface area (Å²) in [4.78, 5) is 0. The number of benzene rings is 1. The van der Waals surface area contributed by atoms with Crippen molar-refractivity contribution in [1.29, 1.82) is 0 Å². The first-order valence-electron chi connectivity index (χ1n) is 6.98. The highest BCUT2D eigenvalue weighted by Crippen LogP contribution is 2.72. The van der Waals surface area contributed by atoms with Gasteiger partial charge in [0.25, 0.3) is 0 Å². The molecule has 0 saturated heterocycles. The van der Waals surface area contributed by atoms with Gasteiger partial charge in [-0.25, -0.2) is 0 Å². The van der Waals surface area contributed by atoms with Crippen molar-refractivity contribution in [2.75, 3.05) is 0 Å². The molecule has 2 heteroatoms. The third-order valence-corrected chi connectivity index (χ3v) is 11.6. The lowest BCUT2D eigenvalue weighted by Crippen LogP contribution is -2.22. The normalized spacial score (nSPS) is 14.9. The van der Waals surface area contributed by atoms with Crippen LogP contribution in [0.4, 0.5) is 0 Å². The van der Waals surface area contributed by atoms with Crippen LogP contribution in [-0.2, 0) is 17.5 Å². The number of hydrogen-bond acceptors (Lipinski definition) is 0. The summed E-state index contributed by atoms with van der Waals surface area (Å²) < 4.78 is 0. The van der Waals surface area contributed by atoms with E-state index in [-0.39, 0.29) is 14.4 Å². The van der Waals surface area contributed by atoms with Crippen molar-refractivity contribution in [3.8, 4) is 5.30 Å². The monoisotopic (exact) mass is 292 g/mol. The van der Waals surface area contributed by atoms with Crippen LogP contribution in [0.25, 0.3) is 5.30 Å². The summed E-state index contributed by atoms with van der Waals surface area (Å²) in [7, 11) is -0.0328. The topological polar surface area (TPSA) is 0 Å². The lowest BCUT2D eigenvalue weighted by molar-refractivity contribution is 0.548. The Hall–Kier alpha value is -0.440. The zero-order valence-electron chi connectivity index (χ0n) is 13.3. The molecule has 0 amide bonds. The molecule has 0 radical (unpaired) electrons. The lowest BCUT2D eigenvalue weighted by atomic mass is 9.86. The molecule has 0 aliphatic carbocycles. The fourth-order valence-electron chi connectivity index (χ4n) is 2.84. The first kappa shape index (κ1) is 15.0. The minimum atomic E-state index is -0.0648. The average molecular weight is 292 g/mol. The smallest absolute Gasteiger partial charge is 0.00175 e. The van der Waals surface area contributed by atoms with Crippen molar-refractivity contribution in [2.45, 2.75) is 52.4 Å². The van der Waals surface area contributed by atoms with E-state index in [2.05, 4.69) is 78.5 Å². The molecule has 0 saturated carbocycles. The van der Waals surface area contributed by atoms with Crippen LogP contribution in [0, 0.1) is 0 Å². The molecule has 0 nitrogen and oxygen atoms in total. The minimum absolute atomic E-state index is 0.0320. The van der Waals surface area contributed by atoms with E-state index in [1.54, 1.807) is 15.9 Å². The summed E-state index contributed by atoms with van der Waals surface area (Å²) in [6.07, 6.45) is 0. The molecule has 0 bridgehead atoms. The van der Waals surface area contributed by atoms with Gasteiger partial charge in [0.2, 0.25) is 0 Å². The van der Waals surface area contributed by atoms with Gasteiger partial charge in [-0.1, -0.05) is 86.3 Å². The molecule has 19 heavy (non-hydrogen) atoms. The second-order valence-corrected chi connectivity index (χ2v) is 13.4. The second kappa shape index (κ2) is 4.83. The predicted octanol–water partition coefficient (Wildman–Crippen LogP) is 6.78. The van der Waals surface area contributed by atoms with Crippen LogP contribution in [0.2, 0.25) is 0 Å². The number of hydrogen-bond donors (Lipinski definition) is 0. The van der Waals surface area contributed by atoms with Gasteiger partial charge >= 0.3 is 0 Å². The molecule has 2 rings (SSSR count). The summed E-state index contributed by atoms with van der Waals surface area (Å²) in [5.74, 6) is 0. The SMILES string of the molecule is Cp1c(C(C)(C)C)c(C(C)(C)C)p1-c1ccccc1. The van der Waals surface area contributed by atoms with Crippen LogP contribution in [0.5, 0.6) is 0 Å². The molecule has 104 valence electrons. The zero-order chi connectivity index (χ0) is 14.4. The summed E-state index contributed by atoms with van der Waals surface area (Å²) in [5.41, 5.74) is 0.635. The maximum Gasteiger partial charge on any atom is 0.00175 e. The van der Waals surface area contributed by atoms with Crippen LogP contribution in [0.3, 0.4) is 0 Å². The van der Waals surface area contributed by atoms with Gasteiger partial charge in [0, 0.05) is 5.30 Å². The quantitative estimate of drug-likeness (QED) is 0.543. The Morgan fingerprint density at radius 1 is 0.737 bits per heavy atom. The highest BCUT2D eigenvalue weighted by atomic mass is 31.9. The van der Waals surface area contributed by atoms with Gasteiger partial charge in [0.05, 0.1) is 0 Å². The van der Waals surface area contributed by atoms with E-state index >= 15 is 0 Å². The Kier molecular flexibility index (Phi) is 3.81. The van der Waals surface area contributed by atoms with Crippen molar-refractivity contribution in [1.82, 2.24) is 0 Å². The van der Waals surface area contributed by atoms with E-state index in [0.29, 0.717) is 10.8 Å². The largest absolute Gasteiger partial charge is 0.0983 e. The predicted molar refractivity (Wildman–Crippen MR) is 91.6 cm³/mol. The van der Waals surface area contributed by atoms with Crippen LogP contribution in [0.1, 0.15) is 52.1 Å². The van der Waals surface area contributed by atoms with Crippen molar-refractivity contribution in [3.05, 3.63) is 40.9 Å². The Morgan fingerprint density at radius 3 is 1.63 bits per heavy atom. The van der Waals surface area contributed by atoms with Crippen molar-refractivity contribution in [3.63, 3.8) is 0 Å². The average Bonchev–Trinajstić information content (AvgIpc) is 2.23. The molecule has 2 unspecified atom stereocenters. The van der Waals surface area contributed by atoms with Gasteiger partial charge in [-0.3, -0.25) is 0 Å². The zero-order valence-corrected chi connectivity index (χ0v) is 15.1. The first-order chi connectivity index (χ1) is 8.64. The van der Waals surface area contributed by atoms with Crippen molar-refractivity contribution >= 4 is 14.4 Å². The Morgan fingerprint density at radius 2 is 1.21 bits per heavy atom. The third-order valence-electron chi connectivity index (χ3n) is 3.48. The first-order valence-corrected chi connectivity index (χ1v) is 10.8. The highest BCUT2D eigenvalue weighted by Gasteiger charge is 2.35. The summed E-state index contributed by atoms with van der Waals surface area (Å²) in [6, 6.07) is 11.2. The molecule has 1 aromatic carbocycles. The van der Waals surface area contributed by atoms with Gasteiger partial charge in [-0.2, -0.15) is 0 Å². The Bertz CT molecular complexity index is 557. The van der Waals surface area contributed by atoms with Crippen LogP contribution in [-0.4, -0.2) is 0 Å². The molecule has 0 aliphatic rings. The van der Waals surface area contributed by atoms with E-state index < -0.39 is 0 Å². The maximum absolute atomic E-state index is 2.49. The minimum Gasteiger partial charge on any atom is -0.0983 e. The molecule has 0 N–H and O–H groups in total. The third kappa shape index (κ3) is 2.72. The number of rotatable bonds is 1. The van der Waals surface area contributed by atoms with Crippen molar-refractivity contribution < 1.29 is 0 Å². The van der Waals surface area contributed by atoms with Crippen LogP contribution < -0.4 is 0 Å². The van der Waals surface area contributed by atoms with Gasteiger partial charge in [0.15, 0.2) is 0 Å². The fourth-order valence-corrected chi connectivity index (χ4v) is 12.6. The molecule has 2 atom stereocenters. The molecule has 1 aromatic heterocycles. The molecule has 0 spiro atoms. The molecule has 0 aliphatic heterocycles. The van der Waals surface area contributed by atoms with Gasteiger partial charge < -0.3 is 0 Å².